The maximum atomic E-state index is 12.9. The lowest BCUT2D eigenvalue weighted by atomic mass is 10.0. The van der Waals surface area contributed by atoms with Crippen LogP contribution in [0.5, 0.6) is 0 Å². The van der Waals surface area contributed by atoms with Gasteiger partial charge in [0, 0.05) is 54.0 Å². The van der Waals surface area contributed by atoms with Gasteiger partial charge < -0.3 is 19.5 Å². The van der Waals surface area contributed by atoms with Crippen molar-refractivity contribution in [2.75, 3.05) is 25.1 Å². The smallest absolute Gasteiger partial charge is 0.258 e. The summed E-state index contributed by atoms with van der Waals surface area (Å²) in [6.07, 6.45) is 6.06. The number of amides is 2. The second-order valence-corrected chi connectivity index (χ2v) is 8.11. The molecule has 158 valence electrons. The second-order valence-electron chi connectivity index (χ2n) is 8.11. The van der Waals surface area contributed by atoms with E-state index < -0.39 is 0 Å². The van der Waals surface area contributed by atoms with Gasteiger partial charge in [0.05, 0.1) is 11.8 Å². The van der Waals surface area contributed by atoms with Crippen LogP contribution in [0.2, 0.25) is 0 Å². The monoisotopic (exact) mass is 415 g/mol. The molecule has 5 rings (SSSR count). The lowest BCUT2D eigenvalue weighted by Crippen LogP contribution is -2.34. The molecule has 0 bridgehead atoms. The number of rotatable bonds is 5. The number of aromatic nitrogens is 1. The zero-order chi connectivity index (χ0) is 21.4. The van der Waals surface area contributed by atoms with Crippen LogP contribution in [0.3, 0.4) is 0 Å². The summed E-state index contributed by atoms with van der Waals surface area (Å²) in [5, 5.41) is 4.00. The molecule has 3 aromatic rings. The summed E-state index contributed by atoms with van der Waals surface area (Å²) in [5.74, 6) is -0.0650. The summed E-state index contributed by atoms with van der Waals surface area (Å²) in [6.45, 7) is 1.55. The molecule has 2 amide bonds. The van der Waals surface area contributed by atoms with Gasteiger partial charge in [-0.05, 0) is 31.1 Å². The molecule has 2 aliphatic heterocycles. The number of ether oxygens (including phenoxy) is 1. The summed E-state index contributed by atoms with van der Waals surface area (Å²) >= 11 is 0. The summed E-state index contributed by atoms with van der Waals surface area (Å²) in [7, 11) is 1.80. The summed E-state index contributed by atoms with van der Waals surface area (Å²) in [6, 6.07) is 15.8. The van der Waals surface area contributed by atoms with E-state index in [4.69, 9.17) is 4.74 Å². The van der Waals surface area contributed by atoms with Gasteiger partial charge in [-0.2, -0.15) is 0 Å². The Bertz CT molecular complexity index is 1190. The summed E-state index contributed by atoms with van der Waals surface area (Å²) in [5.41, 5.74) is 4.41. The molecule has 1 saturated heterocycles. The minimum atomic E-state index is -0.0440. The van der Waals surface area contributed by atoms with Crippen LogP contribution < -0.4 is 10.2 Å². The minimum absolute atomic E-state index is 0.0210. The maximum absolute atomic E-state index is 12.9. The fraction of sp³-hybridized carbons (Fsp3) is 0.280. The molecule has 1 fully saturated rings. The molecule has 0 aliphatic carbocycles. The number of hydrogen-bond donors (Lipinski definition) is 1. The zero-order valence-corrected chi connectivity index (χ0v) is 17.5. The number of hydrogen-bond acceptors (Lipinski definition) is 3. The molecule has 0 saturated carbocycles. The predicted molar refractivity (Wildman–Crippen MR) is 122 cm³/mol. The average Bonchev–Trinajstić information content (AvgIpc) is 3.49. The highest BCUT2D eigenvalue weighted by atomic mass is 16.5. The molecule has 1 atom stereocenters. The fourth-order valence-corrected chi connectivity index (χ4v) is 4.46. The highest BCUT2D eigenvalue weighted by Crippen LogP contribution is 2.37. The third kappa shape index (κ3) is 3.64. The van der Waals surface area contributed by atoms with Gasteiger partial charge in [-0.3, -0.25) is 9.59 Å². The first-order chi connectivity index (χ1) is 15.1. The minimum Gasteiger partial charge on any atom is -0.376 e. The van der Waals surface area contributed by atoms with Gasteiger partial charge in [-0.25, -0.2) is 0 Å². The Morgan fingerprint density at radius 3 is 2.84 bits per heavy atom. The lowest BCUT2D eigenvalue weighted by molar-refractivity contribution is -0.122. The van der Waals surface area contributed by atoms with Crippen molar-refractivity contribution in [3.8, 4) is 0 Å². The van der Waals surface area contributed by atoms with Crippen molar-refractivity contribution in [2.45, 2.75) is 25.5 Å². The van der Waals surface area contributed by atoms with Crippen molar-refractivity contribution in [2.24, 2.45) is 0 Å². The third-order valence-corrected chi connectivity index (χ3v) is 6.07. The molecule has 6 nitrogen and oxygen atoms in total. The largest absolute Gasteiger partial charge is 0.376 e. The maximum Gasteiger partial charge on any atom is 0.258 e. The van der Waals surface area contributed by atoms with Crippen LogP contribution in [0, 0.1) is 0 Å². The van der Waals surface area contributed by atoms with Gasteiger partial charge in [-0.15, -0.1) is 0 Å². The van der Waals surface area contributed by atoms with Crippen molar-refractivity contribution in [3.63, 3.8) is 0 Å². The van der Waals surface area contributed by atoms with Crippen molar-refractivity contribution in [1.29, 1.82) is 0 Å². The highest BCUT2D eigenvalue weighted by molar-refractivity contribution is 6.36. The lowest BCUT2D eigenvalue weighted by Gasteiger charge is -2.11. The van der Waals surface area contributed by atoms with E-state index in [1.807, 2.05) is 65.4 Å². The number of carbonyl (C=O) groups excluding carboxylic acids is 2. The van der Waals surface area contributed by atoms with Crippen molar-refractivity contribution in [1.82, 2.24) is 9.88 Å². The molecule has 2 aromatic carbocycles. The number of para-hydroxylation sites is 2. The Morgan fingerprint density at radius 2 is 2.00 bits per heavy atom. The Labute approximate surface area is 181 Å². The zero-order valence-electron chi connectivity index (χ0n) is 17.5. The van der Waals surface area contributed by atoms with Gasteiger partial charge in [-0.1, -0.05) is 36.4 Å². The number of anilines is 1. The first-order valence-electron chi connectivity index (χ1n) is 10.7. The Morgan fingerprint density at radius 1 is 1.19 bits per heavy atom. The van der Waals surface area contributed by atoms with Crippen LogP contribution in [0.1, 0.15) is 24.0 Å². The van der Waals surface area contributed by atoms with Gasteiger partial charge in [0.25, 0.3) is 5.91 Å². The van der Waals surface area contributed by atoms with E-state index in [0.717, 1.165) is 47.2 Å². The molecule has 2 aliphatic rings. The highest BCUT2D eigenvalue weighted by Gasteiger charge is 2.29. The molecule has 1 N–H and O–H groups in total. The van der Waals surface area contributed by atoms with E-state index in [1.165, 1.54) is 0 Å². The topological polar surface area (TPSA) is 63.6 Å². The van der Waals surface area contributed by atoms with E-state index in [0.29, 0.717) is 12.1 Å². The van der Waals surface area contributed by atoms with Crippen LogP contribution in [0.15, 0.2) is 54.7 Å². The van der Waals surface area contributed by atoms with Crippen molar-refractivity contribution in [3.05, 3.63) is 65.9 Å². The first-order valence-corrected chi connectivity index (χ1v) is 10.7. The molecular formula is C25H25N3O3. The Kier molecular flexibility index (Phi) is 5.08. The SMILES string of the molecule is CN1C(=O)/C(=C/c2cn(CC(=O)NC[C@H]3CCCO3)c3ccccc23)c2ccccc21. The number of nitrogens with one attached hydrogen (secondary N) is 1. The van der Waals surface area contributed by atoms with Gasteiger partial charge >= 0.3 is 0 Å². The van der Waals surface area contributed by atoms with E-state index in [-0.39, 0.29) is 24.5 Å². The van der Waals surface area contributed by atoms with Gasteiger partial charge in [0.1, 0.15) is 6.54 Å². The van der Waals surface area contributed by atoms with E-state index in [2.05, 4.69) is 5.32 Å². The van der Waals surface area contributed by atoms with Crippen LogP contribution in [-0.2, 0) is 20.9 Å². The standard InChI is InChI=1S/C25H25N3O3/c1-27-22-10-4-3-9-20(22)21(25(27)30)13-17-15-28(23-11-5-2-8-19(17)23)16-24(29)26-14-18-7-6-12-31-18/h2-5,8-11,13,15,18H,6-7,12,14,16H2,1H3,(H,26,29)/b21-13+/t18-/m1/s1. The third-order valence-electron chi connectivity index (χ3n) is 6.07. The van der Waals surface area contributed by atoms with Crippen molar-refractivity contribution >= 4 is 40.1 Å². The van der Waals surface area contributed by atoms with Crippen LogP contribution >= 0.6 is 0 Å². The fourth-order valence-electron chi connectivity index (χ4n) is 4.46. The molecule has 0 spiro atoms. The Hall–Kier alpha value is -3.38. The van der Waals surface area contributed by atoms with Crippen LogP contribution in [-0.4, -0.2) is 42.7 Å². The number of nitrogens with zero attached hydrogens (tertiary/aromatic N) is 2. The number of benzene rings is 2. The number of carbonyl (C=O) groups is 2. The summed E-state index contributed by atoms with van der Waals surface area (Å²) in [4.78, 5) is 27.1. The quantitative estimate of drug-likeness (QED) is 0.649. The molecule has 1 aromatic heterocycles. The normalized spacial score (nSPS) is 19.4. The molecule has 3 heterocycles. The molecular weight excluding hydrogens is 390 g/mol. The molecule has 0 radical (unpaired) electrons. The van der Waals surface area contributed by atoms with E-state index in [9.17, 15) is 9.59 Å². The second kappa shape index (κ2) is 8.04. The first kappa shape index (κ1) is 19.6. The summed E-state index contributed by atoms with van der Waals surface area (Å²) < 4.78 is 7.53. The van der Waals surface area contributed by atoms with E-state index >= 15 is 0 Å². The van der Waals surface area contributed by atoms with E-state index in [1.54, 1.807) is 11.9 Å². The Balaban J connectivity index is 1.45. The number of fused-ring (bicyclic) bond motifs is 2. The van der Waals surface area contributed by atoms with Gasteiger partial charge in [0.2, 0.25) is 5.91 Å². The molecule has 31 heavy (non-hydrogen) atoms. The number of likely N-dealkylation sites (N-methyl/N-ethyl adjacent to an activating group) is 1. The van der Waals surface area contributed by atoms with Gasteiger partial charge in [0.15, 0.2) is 0 Å². The molecule has 6 heteroatoms. The molecule has 0 unspecified atom stereocenters. The predicted octanol–water partition coefficient (Wildman–Crippen LogP) is 3.45. The van der Waals surface area contributed by atoms with Crippen LogP contribution in [0.25, 0.3) is 22.6 Å². The van der Waals surface area contributed by atoms with Crippen LogP contribution in [0.4, 0.5) is 5.69 Å². The van der Waals surface area contributed by atoms with Crippen molar-refractivity contribution < 1.29 is 14.3 Å². The average molecular weight is 415 g/mol.